The van der Waals surface area contributed by atoms with Crippen LogP contribution >= 0.6 is 11.3 Å². The summed E-state index contributed by atoms with van der Waals surface area (Å²) in [6.45, 7) is 0. The summed E-state index contributed by atoms with van der Waals surface area (Å²) in [4.78, 5) is 0. The smallest absolute Gasteiger partial charge is 0.203 e. The summed E-state index contributed by atoms with van der Waals surface area (Å²) in [7, 11) is 0. The third-order valence-corrected chi connectivity index (χ3v) is 2.36. The molecule has 0 bridgehead atoms. The lowest BCUT2D eigenvalue weighted by atomic mass is 10.2. The number of phenolic OH excluding ortho intramolecular Hbond substituents is 1. The Labute approximate surface area is 78.7 Å². The molecule has 1 aromatic heterocycles. The number of nitrogen functional groups attached to an aromatic ring is 1. The molecule has 0 radical (unpaired) electrons. The molecule has 1 aromatic carbocycles. The minimum absolute atomic E-state index is 0.193. The average molecular weight is 193 g/mol. The minimum Gasteiger partial charge on any atom is -0.507 e. The van der Waals surface area contributed by atoms with Gasteiger partial charge in [0, 0.05) is 0 Å². The van der Waals surface area contributed by atoms with Gasteiger partial charge in [-0.15, -0.1) is 10.2 Å². The number of anilines is 1. The quantitative estimate of drug-likeness (QED) is 0.719. The molecule has 0 aliphatic rings. The number of aromatic hydroxyl groups is 1. The van der Waals surface area contributed by atoms with Crippen LogP contribution in [-0.4, -0.2) is 15.3 Å². The van der Waals surface area contributed by atoms with Crippen LogP contribution < -0.4 is 5.73 Å². The first-order chi connectivity index (χ1) is 6.27. The second kappa shape index (κ2) is 3.02. The maximum absolute atomic E-state index is 9.47. The molecule has 1 heterocycles. The van der Waals surface area contributed by atoms with Gasteiger partial charge in [-0.1, -0.05) is 23.5 Å². The molecule has 66 valence electrons. The van der Waals surface area contributed by atoms with Gasteiger partial charge < -0.3 is 10.8 Å². The Morgan fingerprint density at radius 3 is 2.62 bits per heavy atom. The second-order valence-electron chi connectivity index (χ2n) is 2.46. The summed E-state index contributed by atoms with van der Waals surface area (Å²) in [5, 5.41) is 18.0. The van der Waals surface area contributed by atoms with Crippen molar-refractivity contribution in [2.75, 3.05) is 5.73 Å². The Balaban J connectivity index is 2.52. The lowest BCUT2D eigenvalue weighted by molar-refractivity contribution is 0.477. The molecule has 0 unspecified atom stereocenters. The zero-order chi connectivity index (χ0) is 9.26. The van der Waals surface area contributed by atoms with Crippen molar-refractivity contribution in [3.63, 3.8) is 0 Å². The molecule has 2 rings (SSSR count). The first-order valence-electron chi connectivity index (χ1n) is 3.65. The van der Waals surface area contributed by atoms with Gasteiger partial charge >= 0.3 is 0 Å². The standard InChI is InChI=1S/C8H7N3OS/c9-8-11-10-7(13-8)5-3-1-2-4-6(5)12/h1-4,12H,(H2,9,11). The fourth-order valence-corrected chi connectivity index (χ4v) is 1.64. The van der Waals surface area contributed by atoms with Gasteiger partial charge in [-0.3, -0.25) is 0 Å². The SMILES string of the molecule is Nc1nnc(-c2ccccc2O)s1. The van der Waals surface area contributed by atoms with Gasteiger partial charge in [-0.05, 0) is 12.1 Å². The van der Waals surface area contributed by atoms with E-state index in [9.17, 15) is 5.11 Å². The number of nitrogens with two attached hydrogens (primary N) is 1. The fourth-order valence-electron chi connectivity index (χ4n) is 0.998. The van der Waals surface area contributed by atoms with Crippen LogP contribution in [0.25, 0.3) is 10.6 Å². The van der Waals surface area contributed by atoms with E-state index in [2.05, 4.69) is 10.2 Å². The normalized spacial score (nSPS) is 10.2. The van der Waals surface area contributed by atoms with E-state index in [4.69, 9.17) is 5.73 Å². The Morgan fingerprint density at radius 2 is 2.00 bits per heavy atom. The third kappa shape index (κ3) is 1.46. The van der Waals surface area contributed by atoms with Crippen molar-refractivity contribution in [2.45, 2.75) is 0 Å². The number of hydrogen-bond acceptors (Lipinski definition) is 5. The number of phenols is 1. The second-order valence-corrected chi connectivity index (χ2v) is 3.47. The summed E-state index contributed by atoms with van der Waals surface area (Å²) >= 11 is 1.25. The predicted molar refractivity (Wildman–Crippen MR) is 51.4 cm³/mol. The molecule has 4 nitrogen and oxygen atoms in total. The van der Waals surface area contributed by atoms with E-state index < -0.39 is 0 Å². The molecule has 0 spiro atoms. The molecular formula is C8H7N3OS. The monoisotopic (exact) mass is 193 g/mol. The molecule has 0 atom stereocenters. The lowest BCUT2D eigenvalue weighted by Gasteiger charge is -1.97. The van der Waals surface area contributed by atoms with Crippen molar-refractivity contribution in [3.05, 3.63) is 24.3 Å². The Hall–Kier alpha value is -1.62. The van der Waals surface area contributed by atoms with E-state index >= 15 is 0 Å². The lowest BCUT2D eigenvalue weighted by Crippen LogP contribution is -1.80. The highest BCUT2D eigenvalue weighted by atomic mass is 32.1. The van der Waals surface area contributed by atoms with E-state index in [-0.39, 0.29) is 5.75 Å². The summed E-state index contributed by atoms with van der Waals surface area (Å²) in [6, 6.07) is 6.96. The van der Waals surface area contributed by atoms with Crippen LogP contribution in [0.3, 0.4) is 0 Å². The fraction of sp³-hybridized carbons (Fsp3) is 0. The molecule has 3 N–H and O–H groups in total. The zero-order valence-electron chi connectivity index (χ0n) is 6.64. The van der Waals surface area contributed by atoms with Gasteiger partial charge in [0.05, 0.1) is 5.56 Å². The van der Waals surface area contributed by atoms with Crippen molar-refractivity contribution < 1.29 is 5.11 Å². The maximum atomic E-state index is 9.47. The van der Waals surface area contributed by atoms with Crippen molar-refractivity contribution in [3.8, 4) is 16.3 Å². The largest absolute Gasteiger partial charge is 0.507 e. The molecule has 0 fully saturated rings. The number of rotatable bonds is 1. The van der Waals surface area contributed by atoms with Gasteiger partial charge in [-0.2, -0.15) is 0 Å². The highest BCUT2D eigenvalue weighted by Crippen LogP contribution is 2.31. The van der Waals surface area contributed by atoms with Crippen molar-refractivity contribution in [1.29, 1.82) is 0 Å². The predicted octanol–water partition coefficient (Wildman–Crippen LogP) is 1.49. The molecule has 0 amide bonds. The van der Waals surface area contributed by atoms with E-state index in [1.165, 1.54) is 11.3 Å². The Kier molecular flexibility index (Phi) is 1.86. The number of para-hydroxylation sites is 1. The molecule has 2 aromatic rings. The van der Waals surface area contributed by atoms with E-state index in [1.807, 2.05) is 6.07 Å². The van der Waals surface area contributed by atoms with Gasteiger partial charge in [0.2, 0.25) is 5.13 Å². The molecule has 5 heteroatoms. The van der Waals surface area contributed by atoms with Crippen LogP contribution in [-0.2, 0) is 0 Å². The Bertz CT molecular complexity index is 427. The van der Waals surface area contributed by atoms with Crippen molar-refractivity contribution in [1.82, 2.24) is 10.2 Å². The topological polar surface area (TPSA) is 72.0 Å². The number of benzene rings is 1. The minimum atomic E-state index is 0.193. The average Bonchev–Trinajstić information content (AvgIpc) is 2.53. The highest BCUT2D eigenvalue weighted by molar-refractivity contribution is 7.18. The molecule has 0 aliphatic carbocycles. The first kappa shape index (κ1) is 8.00. The molecule has 0 aliphatic heterocycles. The van der Waals surface area contributed by atoms with Crippen LogP contribution in [0.1, 0.15) is 0 Å². The van der Waals surface area contributed by atoms with Crippen molar-refractivity contribution >= 4 is 16.5 Å². The van der Waals surface area contributed by atoms with Crippen LogP contribution in [0.2, 0.25) is 0 Å². The van der Waals surface area contributed by atoms with Crippen molar-refractivity contribution in [2.24, 2.45) is 0 Å². The highest BCUT2D eigenvalue weighted by Gasteiger charge is 2.07. The Morgan fingerprint density at radius 1 is 1.23 bits per heavy atom. The number of nitrogens with zero attached hydrogens (tertiary/aromatic N) is 2. The van der Waals surface area contributed by atoms with E-state index in [0.29, 0.717) is 15.7 Å². The summed E-state index contributed by atoms with van der Waals surface area (Å²) in [6.07, 6.45) is 0. The summed E-state index contributed by atoms with van der Waals surface area (Å²) < 4.78 is 0. The maximum Gasteiger partial charge on any atom is 0.203 e. The van der Waals surface area contributed by atoms with E-state index in [1.54, 1.807) is 18.2 Å². The first-order valence-corrected chi connectivity index (χ1v) is 4.46. The molecular weight excluding hydrogens is 186 g/mol. The summed E-state index contributed by atoms with van der Waals surface area (Å²) in [5.41, 5.74) is 6.09. The summed E-state index contributed by atoms with van der Waals surface area (Å²) in [5.74, 6) is 0.193. The van der Waals surface area contributed by atoms with Crippen LogP contribution in [0.15, 0.2) is 24.3 Å². The molecule has 0 saturated heterocycles. The number of hydrogen-bond donors (Lipinski definition) is 2. The van der Waals surface area contributed by atoms with Gasteiger partial charge in [0.25, 0.3) is 0 Å². The molecule has 13 heavy (non-hydrogen) atoms. The van der Waals surface area contributed by atoms with Gasteiger partial charge in [-0.25, -0.2) is 0 Å². The number of aromatic nitrogens is 2. The van der Waals surface area contributed by atoms with Crippen LogP contribution in [0.4, 0.5) is 5.13 Å². The van der Waals surface area contributed by atoms with Crippen LogP contribution in [0, 0.1) is 0 Å². The van der Waals surface area contributed by atoms with E-state index in [0.717, 1.165) is 0 Å². The van der Waals surface area contributed by atoms with Gasteiger partial charge in [0.15, 0.2) is 5.01 Å². The zero-order valence-corrected chi connectivity index (χ0v) is 7.45. The van der Waals surface area contributed by atoms with Crippen LogP contribution in [0.5, 0.6) is 5.75 Å². The van der Waals surface area contributed by atoms with Gasteiger partial charge in [0.1, 0.15) is 5.75 Å². The molecule has 0 saturated carbocycles. The third-order valence-electron chi connectivity index (χ3n) is 1.58.